The van der Waals surface area contributed by atoms with E-state index < -0.39 is 0 Å². The Bertz CT molecular complexity index is 444. The summed E-state index contributed by atoms with van der Waals surface area (Å²) >= 11 is 7.78. The predicted octanol–water partition coefficient (Wildman–Crippen LogP) is 2.69. The van der Waals surface area contributed by atoms with Crippen LogP contribution >= 0.6 is 22.9 Å². The molecule has 1 unspecified atom stereocenters. The van der Waals surface area contributed by atoms with Gasteiger partial charge in [0.15, 0.2) is 0 Å². The van der Waals surface area contributed by atoms with Crippen molar-refractivity contribution in [2.45, 2.75) is 12.5 Å². The molecule has 0 bridgehead atoms. The number of thiazole rings is 1. The average Bonchev–Trinajstić information content (AvgIpc) is 2.80. The largest absolute Gasteiger partial charge is 0.313 e. The standard InChI is InChI=1S/C11H12ClN3S/c1-13-10(6-11-15-4-5-16-11)8-2-3-14-7-9(8)12/h2-5,7,10,13H,6H2,1H3. The average molecular weight is 254 g/mol. The van der Waals surface area contributed by atoms with Gasteiger partial charge in [0, 0.05) is 36.4 Å². The highest BCUT2D eigenvalue weighted by Gasteiger charge is 2.14. The van der Waals surface area contributed by atoms with Gasteiger partial charge in [-0.15, -0.1) is 11.3 Å². The third-order valence-corrected chi connectivity index (χ3v) is 3.51. The zero-order valence-electron chi connectivity index (χ0n) is 8.85. The molecule has 0 saturated carbocycles. The van der Waals surface area contributed by atoms with Crippen molar-refractivity contribution in [1.29, 1.82) is 0 Å². The Balaban J connectivity index is 2.20. The SMILES string of the molecule is CNC(Cc1nccs1)c1ccncc1Cl. The Kier molecular flexibility index (Phi) is 3.88. The fourth-order valence-electron chi connectivity index (χ4n) is 1.56. The second-order valence-corrected chi connectivity index (χ2v) is 4.75. The molecular formula is C11H12ClN3S. The van der Waals surface area contributed by atoms with Crippen LogP contribution < -0.4 is 5.32 Å². The van der Waals surface area contributed by atoms with Crippen LogP contribution in [0.25, 0.3) is 0 Å². The number of nitrogens with one attached hydrogen (secondary N) is 1. The van der Waals surface area contributed by atoms with Gasteiger partial charge in [0.25, 0.3) is 0 Å². The third-order valence-electron chi connectivity index (χ3n) is 2.39. The molecule has 0 fully saturated rings. The van der Waals surface area contributed by atoms with Crippen molar-refractivity contribution in [3.05, 3.63) is 45.6 Å². The molecule has 0 radical (unpaired) electrons. The molecule has 0 aliphatic rings. The van der Waals surface area contributed by atoms with Crippen LogP contribution in [0, 0.1) is 0 Å². The molecule has 0 amide bonds. The van der Waals surface area contributed by atoms with E-state index in [1.807, 2.05) is 24.7 Å². The van der Waals surface area contributed by atoms with E-state index in [1.54, 1.807) is 23.7 Å². The summed E-state index contributed by atoms with van der Waals surface area (Å²) in [6, 6.07) is 2.12. The van der Waals surface area contributed by atoms with Gasteiger partial charge in [-0.3, -0.25) is 4.98 Å². The number of aromatic nitrogens is 2. The molecule has 2 rings (SSSR count). The van der Waals surface area contributed by atoms with Crippen LogP contribution in [-0.2, 0) is 6.42 Å². The Hall–Kier alpha value is -0.970. The summed E-state index contributed by atoms with van der Waals surface area (Å²) in [5, 5.41) is 7.03. The van der Waals surface area contributed by atoms with E-state index >= 15 is 0 Å². The van der Waals surface area contributed by atoms with Crippen molar-refractivity contribution in [3.63, 3.8) is 0 Å². The lowest BCUT2D eigenvalue weighted by Gasteiger charge is -2.16. The van der Waals surface area contributed by atoms with Gasteiger partial charge in [-0.05, 0) is 18.7 Å². The molecule has 1 N–H and O–H groups in total. The zero-order chi connectivity index (χ0) is 11.4. The third kappa shape index (κ3) is 2.58. The van der Waals surface area contributed by atoms with E-state index in [-0.39, 0.29) is 6.04 Å². The first-order valence-corrected chi connectivity index (χ1v) is 6.22. The summed E-state index contributed by atoms with van der Waals surface area (Å²) < 4.78 is 0. The molecule has 0 aliphatic heterocycles. The number of likely N-dealkylation sites (N-methyl/N-ethyl adjacent to an activating group) is 1. The second-order valence-electron chi connectivity index (χ2n) is 3.37. The van der Waals surface area contributed by atoms with E-state index in [9.17, 15) is 0 Å². The van der Waals surface area contributed by atoms with Crippen molar-refractivity contribution >= 4 is 22.9 Å². The Labute approximate surface area is 104 Å². The van der Waals surface area contributed by atoms with Crippen LogP contribution in [0.2, 0.25) is 5.02 Å². The highest BCUT2D eigenvalue weighted by atomic mass is 35.5. The van der Waals surface area contributed by atoms with Gasteiger partial charge in [-0.2, -0.15) is 0 Å². The topological polar surface area (TPSA) is 37.8 Å². The minimum absolute atomic E-state index is 0.182. The molecule has 5 heteroatoms. The normalized spacial score (nSPS) is 12.6. The smallest absolute Gasteiger partial charge is 0.0943 e. The van der Waals surface area contributed by atoms with E-state index in [1.165, 1.54) is 0 Å². The lowest BCUT2D eigenvalue weighted by molar-refractivity contribution is 0.590. The van der Waals surface area contributed by atoms with Crippen LogP contribution in [0.3, 0.4) is 0 Å². The van der Waals surface area contributed by atoms with Crippen molar-refractivity contribution in [2.75, 3.05) is 7.05 Å². The molecule has 0 aromatic carbocycles. The van der Waals surface area contributed by atoms with Crippen molar-refractivity contribution < 1.29 is 0 Å². The van der Waals surface area contributed by atoms with Gasteiger partial charge < -0.3 is 5.32 Å². The van der Waals surface area contributed by atoms with Gasteiger partial charge in [0.1, 0.15) is 0 Å². The second kappa shape index (κ2) is 5.39. The fourth-order valence-corrected chi connectivity index (χ4v) is 2.48. The van der Waals surface area contributed by atoms with Gasteiger partial charge in [-0.1, -0.05) is 11.6 Å². The van der Waals surface area contributed by atoms with Crippen molar-refractivity contribution in [1.82, 2.24) is 15.3 Å². The first-order valence-electron chi connectivity index (χ1n) is 4.96. The molecule has 2 aromatic heterocycles. The molecule has 2 aromatic rings. The maximum Gasteiger partial charge on any atom is 0.0943 e. The molecule has 16 heavy (non-hydrogen) atoms. The Morgan fingerprint density at radius 3 is 3.00 bits per heavy atom. The molecular weight excluding hydrogens is 242 g/mol. The van der Waals surface area contributed by atoms with Crippen molar-refractivity contribution in [2.24, 2.45) is 0 Å². The van der Waals surface area contributed by atoms with Gasteiger partial charge >= 0.3 is 0 Å². The number of pyridine rings is 1. The Morgan fingerprint density at radius 2 is 2.38 bits per heavy atom. The summed E-state index contributed by atoms with van der Waals surface area (Å²) in [6.07, 6.45) is 6.09. The molecule has 84 valence electrons. The molecule has 3 nitrogen and oxygen atoms in total. The summed E-state index contributed by atoms with van der Waals surface area (Å²) in [4.78, 5) is 8.26. The van der Waals surface area contributed by atoms with E-state index in [4.69, 9.17) is 11.6 Å². The zero-order valence-corrected chi connectivity index (χ0v) is 10.4. The van der Waals surface area contributed by atoms with E-state index in [0.717, 1.165) is 17.0 Å². The van der Waals surface area contributed by atoms with Gasteiger partial charge in [-0.25, -0.2) is 4.98 Å². The monoisotopic (exact) mass is 253 g/mol. The minimum Gasteiger partial charge on any atom is -0.313 e. The number of halogens is 1. The number of hydrogen-bond acceptors (Lipinski definition) is 4. The molecule has 0 aliphatic carbocycles. The molecule has 2 heterocycles. The first-order chi connectivity index (χ1) is 7.81. The number of nitrogens with zero attached hydrogens (tertiary/aromatic N) is 2. The molecule has 0 spiro atoms. The highest BCUT2D eigenvalue weighted by molar-refractivity contribution is 7.09. The predicted molar refractivity (Wildman–Crippen MR) is 66.9 cm³/mol. The summed E-state index contributed by atoms with van der Waals surface area (Å²) in [5.74, 6) is 0. The van der Waals surface area contributed by atoms with Gasteiger partial charge in [0.2, 0.25) is 0 Å². The maximum atomic E-state index is 6.12. The van der Waals surface area contributed by atoms with E-state index in [0.29, 0.717) is 5.02 Å². The van der Waals surface area contributed by atoms with Crippen LogP contribution in [0.1, 0.15) is 16.6 Å². The Morgan fingerprint density at radius 1 is 1.50 bits per heavy atom. The first kappa shape index (κ1) is 11.5. The van der Waals surface area contributed by atoms with E-state index in [2.05, 4.69) is 15.3 Å². The van der Waals surface area contributed by atoms with Crippen LogP contribution in [0.5, 0.6) is 0 Å². The molecule has 1 atom stereocenters. The van der Waals surface area contributed by atoms with Crippen molar-refractivity contribution in [3.8, 4) is 0 Å². The lowest BCUT2D eigenvalue weighted by atomic mass is 10.1. The lowest BCUT2D eigenvalue weighted by Crippen LogP contribution is -2.19. The minimum atomic E-state index is 0.182. The summed E-state index contributed by atoms with van der Waals surface area (Å²) in [7, 11) is 1.93. The maximum absolute atomic E-state index is 6.12. The van der Waals surface area contributed by atoms with Crippen LogP contribution in [0.4, 0.5) is 0 Å². The number of rotatable bonds is 4. The quantitative estimate of drug-likeness (QED) is 0.911. The van der Waals surface area contributed by atoms with Gasteiger partial charge in [0.05, 0.1) is 10.0 Å². The van der Waals surface area contributed by atoms with Crippen LogP contribution in [0.15, 0.2) is 30.0 Å². The summed E-state index contributed by atoms with van der Waals surface area (Å²) in [6.45, 7) is 0. The summed E-state index contributed by atoms with van der Waals surface area (Å²) in [5.41, 5.74) is 1.06. The highest BCUT2D eigenvalue weighted by Crippen LogP contribution is 2.24. The molecule has 0 saturated heterocycles. The van der Waals surface area contributed by atoms with Crippen LogP contribution in [-0.4, -0.2) is 17.0 Å². The fraction of sp³-hybridized carbons (Fsp3) is 0.273. The number of hydrogen-bond donors (Lipinski definition) is 1.